The molecule has 3 heterocycles. The van der Waals surface area contributed by atoms with E-state index in [0.29, 0.717) is 41.5 Å². The second-order valence-electron chi connectivity index (χ2n) is 6.34. The number of rotatable bonds is 7. The van der Waals surface area contributed by atoms with Gasteiger partial charge in [-0.05, 0) is 31.3 Å². The molecule has 1 N–H and O–H groups in total. The summed E-state index contributed by atoms with van der Waals surface area (Å²) < 4.78 is 24.4. The maximum Gasteiger partial charge on any atom is 0.260 e. The van der Waals surface area contributed by atoms with Gasteiger partial charge in [-0.3, -0.25) is 9.69 Å². The highest BCUT2D eigenvalue weighted by Crippen LogP contribution is 2.30. The number of fused-ring (bicyclic) bond motifs is 1. The number of benzene rings is 1. The van der Waals surface area contributed by atoms with Gasteiger partial charge in [0.05, 0.1) is 18.2 Å². The Kier molecular flexibility index (Phi) is 5.23. The van der Waals surface area contributed by atoms with Crippen molar-refractivity contribution in [2.45, 2.75) is 6.54 Å². The van der Waals surface area contributed by atoms with Gasteiger partial charge in [0, 0.05) is 17.5 Å². The minimum Gasteiger partial charge on any atom is -0.489 e. The average molecular weight is 399 g/mol. The van der Waals surface area contributed by atoms with Crippen LogP contribution in [0.15, 0.2) is 57.3 Å². The average Bonchev–Trinajstić information content (AvgIpc) is 3.32. The third-order valence-corrected chi connectivity index (χ3v) is 5.14. The van der Waals surface area contributed by atoms with Crippen LogP contribution in [0.1, 0.15) is 5.82 Å². The van der Waals surface area contributed by atoms with Gasteiger partial charge in [0.15, 0.2) is 11.6 Å². The highest BCUT2D eigenvalue weighted by atomic mass is 32.1. The molecule has 0 aliphatic heterocycles. The number of hydrogen-bond donors (Lipinski definition) is 1. The van der Waals surface area contributed by atoms with E-state index in [1.807, 2.05) is 23.4 Å². The normalized spacial score (nSPS) is 11.4. The summed E-state index contributed by atoms with van der Waals surface area (Å²) in [6.07, 6.45) is 1.58. The molecule has 8 heteroatoms. The van der Waals surface area contributed by atoms with Crippen LogP contribution in [0.4, 0.5) is 4.39 Å². The van der Waals surface area contributed by atoms with Gasteiger partial charge in [-0.1, -0.05) is 12.1 Å². The Morgan fingerprint density at radius 2 is 2.14 bits per heavy atom. The first-order valence-corrected chi connectivity index (χ1v) is 9.60. The first-order chi connectivity index (χ1) is 13.6. The van der Waals surface area contributed by atoms with Crippen molar-refractivity contribution in [3.8, 4) is 17.1 Å². The van der Waals surface area contributed by atoms with Gasteiger partial charge in [-0.25, -0.2) is 9.37 Å². The van der Waals surface area contributed by atoms with Crippen LogP contribution in [0.5, 0.6) is 5.75 Å². The lowest BCUT2D eigenvalue weighted by Gasteiger charge is -2.16. The smallest absolute Gasteiger partial charge is 0.260 e. The first-order valence-electron chi connectivity index (χ1n) is 8.72. The van der Waals surface area contributed by atoms with E-state index in [1.54, 1.807) is 30.5 Å². The SMILES string of the molecule is CN(CCOc1ccccc1F)Cc1nc2scc(-c3ccco3)c2c(=O)[nH]1. The molecule has 1 aromatic carbocycles. The molecule has 0 radical (unpaired) electrons. The zero-order chi connectivity index (χ0) is 19.5. The third-order valence-electron chi connectivity index (χ3n) is 4.27. The Labute approximate surface area is 164 Å². The van der Waals surface area contributed by atoms with Crippen molar-refractivity contribution in [1.82, 2.24) is 14.9 Å². The molecule has 0 atom stereocenters. The summed E-state index contributed by atoms with van der Waals surface area (Å²) in [4.78, 5) is 22.6. The van der Waals surface area contributed by atoms with E-state index in [0.717, 1.165) is 5.56 Å². The number of aromatic amines is 1. The molecule has 4 aromatic rings. The monoisotopic (exact) mass is 399 g/mol. The zero-order valence-electron chi connectivity index (χ0n) is 15.1. The number of hydrogen-bond acceptors (Lipinski definition) is 6. The van der Waals surface area contributed by atoms with Crippen LogP contribution in [0.3, 0.4) is 0 Å². The molecular weight excluding hydrogens is 381 g/mol. The van der Waals surface area contributed by atoms with E-state index < -0.39 is 0 Å². The standard InChI is InChI=1S/C20H18FN3O3S/c1-24(8-10-27-16-6-3-2-5-14(16)21)11-17-22-19(25)18-13(12-28-20(18)23-17)15-7-4-9-26-15/h2-7,9,12H,8,10-11H2,1H3,(H,22,23,25). The summed E-state index contributed by atoms with van der Waals surface area (Å²) in [6.45, 7) is 1.32. The molecule has 0 bridgehead atoms. The molecule has 0 saturated carbocycles. The van der Waals surface area contributed by atoms with Gasteiger partial charge < -0.3 is 14.1 Å². The largest absolute Gasteiger partial charge is 0.489 e. The molecule has 0 amide bonds. The van der Waals surface area contributed by atoms with Crippen molar-refractivity contribution in [2.75, 3.05) is 20.2 Å². The van der Waals surface area contributed by atoms with Crippen LogP contribution in [0.25, 0.3) is 21.5 Å². The van der Waals surface area contributed by atoms with Crippen LogP contribution >= 0.6 is 11.3 Å². The van der Waals surface area contributed by atoms with E-state index in [4.69, 9.17) is 9.15 Å². The van der Waals surface area contributed by atoms with Gasteiger partial charge in [-0.15, -0.1) is 11.3 Å². The number of aromatic nitrogens is 2. The number of H-pyrrole nitrogens is 1. The molecule has 3 aromatic heterocycles. The Hall–Kier alpha value is -2.97. The van der Waals surface area contributed by atoms with Crippen LogP contribution in [-0.2, 0) is 6.54 Å². The minimum atomic E-state index is -0.383. The van der Waals surface area contributed by atoms with E-state index in [1.165, 1.54) is 17.4 Å². The lowest BCUT2D eigenvalue weighted by atomic mass is 10.2. The maximum absolute atomic E-state index is 13.6. The summed E-state index contributed by atoms with van der Waals surface area (Å²) in [5.74, 6) is 1.06. The fourth-order valence-electron chi connectivity index (χ4n) is 2.89. The van der Waals surface area contributed by atoms with Gasteiger partial charge >= 0.3 is 0 Å². The molecule has 6 nitrogen and oxygen atoms in total. The molecule has 0 aliphatic carbocycles. The molecule has 4 rings (SSSR count). The van der Waals surface area contributed by atoms with Gasteiger partial charge in [-0.2, -0.15) is 0 Å². The Bertz CT molecular complexity index is 1140. The highest BCUT2D eigenvalue weighted by molar-refractivity contribution is 7.17. The predicted octanol–water partition coefficient (Wildman–Crippen LogP) is 3.89. The quantitative estimate of drug-likeness (QED) is 0.510. The summed E-state index contributed by atoms with van der Waals surface area (Å²) >= 11 is 1.41. The van der Waals surface area contributed by atoms with E-state index in [9.17, 15) is 9.18 Å². The third kappa shape index (κ3) is 3.83. The van der Waals surface area contributed by atoms with E-state index in [2.05, 4.69) is 9.97 Å². The number of ether oxygens (including phenoxy) is 1. The number of nitrogens with one attached hydrogen (secondary N) is 1. The van der Waals surface area contributed by atoms with Crippen LogP contribution in [0.2, 0.25) is 0 Å². The topological polar surface area (TPSA) is 71.4 Å². The van der Waals surface area contributed by atoms with Crippen molar-refractivity contribution in [3.63, 3.8) is 0 Å². The Balaban J connectivity index is 1.43. The summed E-state index contributed by atoms with van der Waals surface area (Å²) in [5, 5.41) is 2.41. The highest BCUT2D eigenvalue weighted by Gasteiger charge is 2.15. The molecule has 0 aliphatic rings. The fourth-order valence-corrected chi connectivity index (χ4v) is 3.84. The van der Waals surface area contributed by atoms with Crippen molar-refractivity contribution >= 4 is 21.6 Å². The molecular formula is C20H18FN3O3S. The van der Waals surface area contributed by atoms with E-state index >= 15 is 0 Å². The van der Waals surface area contributed by atoms with Gasteiger partial charge in [0.1, 0.15) is 23.0 Å². The zero-order valence-corrected chi connectivity index (χ0v) is 16.0. The summed E-state index contributed by atoms with van der Waals surface area (Å²) in [5.41, 5.74) is 0.556. The van der Waals surface area contributed by atoms with E-state index in [-0.39, 0.29) is 17.1 Å². The molecule has 0 fully saturated rings. The molecule has 28 heavy (non-hydrogen) atoms. The first kappa shape index (κ1) is 18.4. The van der Waals surface area contributed by atoms with Crippen molar-refractivity contribution in [2.24, 2.45) is 0 Å². The maximum atomic E-state index is 13.6. The number of halogens is 1. The van der Waals surface area contributed by atoms with Gasteiger partial charge in [0.2, 0.25) is 0 Å². The second kappa shape index (κ2) is 7.95. The fraction of sp³-hybridized carbons (Fsp3) is 0.200. The number of para-hydroxylation sites is 1. The van der Waals surface area contributed by atoms with Crippen molar-refractivity contribution in [1.29, 1.82) is 0 Å². The number of thiophene rings is 1. The number of nitrogens with zero attached hydrogens (tertiary/aromatic N) is 2. The Morgan fingerprint density at radius 1 is 1.29 bits per heavy atom. The van der Waals surface area contributed by atoms with Crippen molar-refractivity contribution in [3.05, 3.63) is 70.0 Å². The van der Waals surface area contributed by atoms with Crippen LogP contribution in [-0.4, -0.2) is 35.1 Å². The molecule has 0 spiro atoms. The molecule has 0 unspecified atom stereocenters. The lowest BCUT2D eigenvalue weighted by molar-refractivity contribution is 0.224. The van der Waals surface area contributed by atoms with Gasteiger partial charge in [0.25, 0.3) is 5.56 Å². The summed E-state index contributed by atoms with van der Waals surface area (Å²) in [6, 6.07) is 9.90. The van der Waals surface area contributed by atoms with Crippen LogP contribution in [0, 0.1) is 5.82 Å². The van der Waals surface area contributed by atoms with Crippen LogP contribution < -0.4 is 10.3 Å². The van der Waals surface area contributed by atoms with Crippen molar-refractivity contribution < 1.29 is 13.5 Å². The predicted molar refractivity (Wildman–Crippen MR) is 106 cm³/mol. The molecule has 0 saturated heterocycles. The Morgan fingerprint density at radius 3 is 2.93 bits per heavy atom. The molecule has 144 valence electrons. The number of furan rings is 1. The lowest BCUT2D eigenvalue weighted by Crippen LogP contribution is -2.26. The second-order valence-corrected chi connectivity index (χ2v) is 7.19. The number of likely N-dealkylation sites (N-methyl/N-ethyl adjacent to an activating group) is 1. The minimum absolute atomic E-state index is 0.191. The summed E-state index contributed by atoms with van der Waals surface area (Å²) in [7, 11) is 1.89.